The number of likely N-dealkylation sites (tertiary alicyclic amines) is 1. The molecule has 0 amide bonds. The standard InChI is InChI=1S/C14H20N4/c1-17(9-10-18-7-2-3-8-18)12-13-5-4-6-16-14(13)11-15/h4-6H,2-3,7-10,12H2,1H3. The van der Waals surface area contributed by atoms with E-state index in [1.165, 1.54) is 25.9 Å². The highest BCUT2D eigenvalue weighted by molar-refractivity contribution is 5.30. The summed E-state index contributed by atoms with van der Waals surface area (Å²) in [7, 11) is 2.10. The van der Waals surface area contributed by atoms with Crippen LogP contribution in [0, 0.1) is 11.3 Å². The Hall–Kier alpha value is -1.44. The molecule has 1 fully saturated rings. The Labute approximate surface area is 109 Å². The average molecular weight is 244 g/mol. The van der Waals surface area contributed by atoms with Crippen LogP contribution in [-0.4, -0.2) is 48.0 Å². The van der Waals surface area contributed by atoms with E-state index in [1.807, 2.05) is 12.1 Å². The van der Waals surface area contributed by atoms with Gasteiger partial charge in [-0.15, -0.1) is 0 Å². The van der Waals surface area contributed by atoms with Gasteiger partial charge in [-0.25, -0.2) is 4.98 Å². The average Bonchev–Trinajstić information content (AvgIpc) is 2.90. The van der Waals surface area contributed by atoms with Crippen molar-refractivity contribution in [3.8, 4) is 6.07 Å². The number of nitrogens with zero attached hydrogens (tertiary/aromatic N) is 4. The Morgan fingerprint density at radius 3 is 2.94 bits per heavy atom. The number of hydrogen-bond donors (Lipinski definition) is 0. The van der Waals surface area contributed by atoms with E-state index in [1.54, 1.807) is 6.20 Å². The molecule has 4 nitrogen and oxygen atoms in total. The second-order valence-electron chi connectivity index (χ2n) is 4.91. The molecule has 0 N–H and O–H groups in total. The maximum absolute atomic E-state index is 8.99. The molecular formula is C14H20N4. The first kappa shape index (κ1) is 13.0. The second kappa shape index (κ2) is 6.48. The van der Waals surface area contributed by atoms with E-state index < -0.39 is 0 Å². The van der Waals surface area contributed by atoms with Crippen LogP contribution in [0.4, 0.5) is 0 Å². The monoisotopic (exact) mass is 244 g/mol. The third kappa shape index (κ3) is 3.52. The maximum atomic E-state index is 8.99. The Bertz CT molecular complexity index is 418. The minimum absolute atomic E-state index is 0.547. The van der Waals surface area contributed by atoms with Gasteiger partial charge in [0.1, 0.15) is 11.8 Å². The minimum Gasteiger partial charge on any atom is -0.302 e. The summed E-state index contributed by atoms with van der Waals surface area (Å²) in [6, 6.07) is 6.03. The lowest BCUT2D eigenvalue weighted by molar-refractivity contribution is 0.252. The third-order valence-corrected chi connectivity index (χ3v) is 3.43. The van der Waals surface area contributed by atoms with Crippen LogP contribution < -0.4 is 0 Å². The smallest absolute Gasteiger partial charge is 0.144 e. The molecule has 1 aliphatic rings. The molecule has 0 aromatic carbocycles. The topological polar surface area (TPSA) is 43.2 Å². The Morgan fingerprint density at radius 2 is 2.22 bits per heavy atom. The maximum Gasteiger partial charge on any atom is 0.144 e. The lowest BCUT2D eigenvalue weighted by Crippen LogP contribution is -2.31. The number of rotatable bonds is 5. The summed E-state index contributed by atoms with van der Waals surface area (Å²) in [5.74, 6) is 0. The van der Waals surface area contributed by atoms with E-state index >= 15 is 0 Å². The minimum atomic E-state index is 0.547. The molecule has 0 unspecified atom stereocenters. The highest BCUT2D eigenvalue weighted by atomic mass is 15.2. The predicted octanol–water partition coefficient (Wildman–Crippen LogP) is 1.48. The van der Waals surface area contributed by atoms with Crippen LogP contribution in [-0.2, 0) is 6.54 Å². The summed E-state index contributed by atoms with van der Waals surface area (Å²) in [6.07, 6.45) is 4.35. The van der Waals surface area contributed by atoms with Crippen molar-refractivity contribution >= 4 is 0 Å². The lowest BCUT2D eigenvalue weighted by Gasteiger charge is -2.21. The van der Waals surface area contributed by atoms with Crippen LogP contribution >= 0.6 is 0 Å². The molecule has 1 aliphatic heterocycles. The first-order valence-electron chi connectivity index (χ1n) is 6.54. The fraction of sp³-hybridized carbons (Fsp3) is 0.571. The molecule has 4 heteroatoms. The van der Waals surface area contributed by atoms with Crippen molar-refractivity contribution in [1.82, 2.24) is 14.8 Å². The van der Waals surface area contributed by atoms with Gasteiger partial charge in [-0.3, -0.25) is 0 Å². The lowest BCUT2D eigenvalue weighted by atomic mass is 10.2. The molecule has 0 saturated carbocycles. The molecule has 0 radical (unpaired) electrons. The van der Waals surface area contributed by atoms with E-state index in [-0.39, 0.29) is 0 Å². The molecule has 1 saturated heterocycles. The Balaban J connectivity index is 1.83. The molecule has 0 aliphatic carbocycles. The second-order valence-corrected chi connectivity index (χ2v) is 4.91. The van der Waals surface area contributed by atoms with Crippen molar-refractivity contribution in [2.24, 2.45) is 0 Å². The molecule has 0 bridgehead atoms. The molecule has 2 rings (SSSR count). The highest BCUT2D eigenvalue weighted by Gasteiger charge is 2.12. The van der Waals surface area contributed by atoms with Gasteiger partial charge in [-0.1, -0.05) is 6.07 Å². The van der Waals surface area contributed by atoms with Gasteiger partial charge in [0, 0.05) is 31.4 Å². The van der Waals surface area contributed by atoms with E-state index in [0.29, 0.717) is 5.69 Å². The van der Waals surface area contributed by atoms with Gasteiger partial charge in [0.15, 0.2) is 0 Å². The van der Waals surface area contributed by atoms with Crippen molar-refractivity contribution in [3.05, 3.63) is 29.6 Å². The van der Waals surface area contributed by atoms with Crippen LogP contribution in [0.25, 0.3) is 0 Å². The van der Waals surface area contributed by atoms with Gasteiger partial charge < -0.3 is 9.80 Å². The molecule has 1 aromatic heterocycles. The highest BCUT2D eigenvalue weighted by Crippen LogP contribution is 2.09. The van der Waals surface area contributed by atoms with Crippen LogP contribution in [0.5, 0.6) is 0 Å². The molecule has 2 heterocycles. The number of nitriles is 1. The third-order valence-electron chi connectivity index (χ3n) is 3.43. The fourth-order valence-corrected chi connectivity index (χ4v) is 2.36. The first-order valence-corrected chi connectivity index (χ1v) is 6.54. The van der Waals surface area contributed by atoms with Crippen molar-refractivity contribution in [3.63, 3.8) is 0 Å². The van der Waals surface area contributed by atoms with Gasteiger partial charge >= 0.3 is 0 Å². The van der Waals surface area contributed by atoms with Crippen LogP contribution in [0.2, 0.25) is 0 Å². The van der Waals surface area contributed by atoms with E-state index in [2.05, 4.69) is 27.9 Å². The number of pyridine rings is 1. The zero-order chi connectivity index (χ0) is 12.8. The number of likely N-dealkylation sites (N-methyl/N-ethyl adjacent to an activating group) is 1. The summed E-state index contributed by atoms with van der Waals surface area (Å²) in [6.45, 7) is 5.44. The van der Waals surface area contributed by atoms with Crippen LogP contribution in [0.3, 0.4) is 0 Å². The first-order chi connectivity index (χ1) is 8.79. The van der Waals surface area contributed by atoms with Gasteiger partial charge in [0.05, 0.1) is 0 Å². The summed E-state index contributed by atoms with van der Waals surface area (Å²) in [5, 5.41) is 8.99. The van der Waals surface area contributed by atoms with E-state index in [9.17, 15) is 0 Å². The quantitative estimate of drug-likeness (QED) is 0.787. The SMILES string of the molecule is CN(CCN1CCCC1)Cc1cccnc1C#N. The van der Waals surface area contributed by atoms with Crippen LogP contribution in [0.15, 0.2) is 18.3 Å². The molecule has 18 heavy (non-hydrogen) atoms. The van der Waals surface area contributed by atoms with E-state index in [0.717, 1.165) is 25.2 Å². The number of aromatic nitrogens is 1. The van der Waals surface area contributed by atoms with Crippen molar-refractivity contribution in [1.29, 1.82) is 5.26 Å². The van der Waals surface area contributed by atoms with Crippen molar-refractivity contribution < 1.29 is 0 Å². The van der Waals surface area contributed by atoms with Gasteiger partial charge in [-0.2, -0.15) is 5.26 Å². The van der Waals surface area contributed by atoms with E-state index in [4.69, 9.17) is 5.26 Å². The van der Waals surface area contributed by atoms with Crippen LogP contribution in [0.1, 0.15) is 24.1 Å². The molecule has 0 atom stereocenters. The zero-order valence-electron chi connectivity index (χ0n) is 11.0. The molecule has 96 valence electrons. The molecule has 1 aromatic rings. The fourth-order valence-electron chi connectivity index (χ4n) is 2.36. The largest absolute Gasteiger partial charge is 0.302 e. The molecular weight excluding hydrogens is 224 g/mol. The summed E-state index contributed by atoms with van der Waals surface area (Å²) < 4.78 is 0. The molecule has 0 spiro atoms. The zero-order valence-corrected chi connectivity index (χ0v) is 11.0. The summed E-state index contributed by atoms with van der Waals surface area (Å²) in [5.41, 5.74) is 1.56. The predicted molar refractivity (Wildman–Crippen MR) is 71.0 cm³/mol. The van der Waals surface area contributed by atoms with Gasteiger partial charge in [0.2, 0.25) is 0 Å². The summed E-state index contributed by atoms with van der Waals surface area (Å²) >= 11 is 0. The Morgan fingerprint density at radius 1 is 1.44 bits per heavy atom. The van der Waals surface area contributed by atoms with Gasteiger partial charge in [0.25, 0.3) is 0 Å². The summed E-state index contributed by atoms with van der Waals surface area (Å²) in [4.78, 5) is 8.85. The van der Waals surface area contributed by atoms with Gasteiger partial charge in [-0.05, 0) is 39.0 Å². The number of hydrogen-bond acceptors (Lipinski definition) is 4. The Kier molecular flexibility index (Phi) is 4.68. The normalized spacial score (nSPS) is 16.1. The van der Waals surface area contributed by atoms with Crippen molar-refractivity contribution in [2.75, 3.05) is 33.2 Å². The van der Waals surface area contributed by atoms with Crippen molar-refractivity contribution in [2.45, 2.75) is 19.4 Å².